The Balaban J connectivity index is 1.87. The summed E-state index contributed by atoms with van der Waals surface area (Å²) in [5, 5.41) is 0.839. The van der Waals surface area contributed by atoms with Crippen molar-refractivity contribution in [3.05, 3.63) is 42.2 Å². The highest BCUT2D eigenvalue weighted by molar-refractivity contribution is 5.97. The van der Waals surface area contributed by atoms with Crippen LogP contribution in [0.25, 0.3) is 10.9 Å². The van der Waals surface area contributed by atoms with Crippen LogP contribution in [0.15, 0.2) is 36.7 Å². The maximum atomic E-state index is 5.88. The van der Waals surface area contributed by atoms with Crippen molar-refractivity contribution in [3.63, 3.8) is 0 Å². The number of hydrogen-bond acceptors (Lipinski definition) is 7. The summed E-state index contributed by atoms with van der Waals surface area (Å²) < 4.78 is 22.4. The third-order valence-corrected chi connectivity index (χ3v) is 4.66. The van der Waals surface area contributed by atoms with Gasteiger partial charge in [-0.3, -0.25) is 0 Å². The van der Waals surface area contributed by atoms with Crippen LogP contribution in [0.2, 0.25) is 0 Å². The summed E-state index contributed by atoms with van der Waals surface area (Å²) in [6.07, 6.45) is 1.55. The second kappa shape index (κ2) is 7.19. The Morgan fingerprint density at radius 2 is 1.81 bits per heavy atom. The second-order valence-corrected chi connectivity index (χ2v) is 6.12. The van der Waals surface area contributed by atoms with Gasteiger partial charge in [0.05, 0.1) is 33.3 Å². The number of para-hydroxylation sites is 1. The molecule has 0 fully saturated rings. The number of benzene rings is 2. The fourth-order valence-electron chi connectivity index (χ4n) is 3.41. The molecule has 0 saturated carbocycles. The molecule has 2 heterocycles. The van der Waals surface area contributed by atoms with Crippen LogP contribution in [0.1, 0.15) is 5.56 Å². The Morgan fingerprint density at radius 1 is 1.00 bits per heavy atom. The number of fused-ring (bicyclic) bond motifs is 2. The molecule has 0 atom stereocenters. The Bertz CT molecular complexity index is 977. The molecule has 1 aliphatic heterocycles. The monoisotopic (exact) mass is 367 g/mol. The predicted molar refractivity (Wildman–Crippen MR) is 102 cm³/mol. The van der Waals surface area contributed by atoms with E-state index in [1.165, 1.54) is 0 Å². The zero-order valence-electron chi connectivity index (χ0n) is 15.6. The first-order chi connectivity index (χ1) is 13.3. The molecule has 7 heteroatoms. The predicted octanol–water partition coefficient (Wildman–Crippen LogP) is 3.05. The maximum absolute atomic E-state index is 5.88. The first-order valence-electron chi connectivity index (χ1n) is 8.66. The number of hydrogen-bond donors (Lipinski definition) is 0. The minimum atomic E-state index is 0.515. The van der Waals surface area contributed by atoms with Crippen LogP contribution in [0.3, 0.4) is 0 Å². The summed E-state index contributed by atoms with van der Waals surface area (Å²) in [5.74, 6) is 3.34. The molecular formula is C20H21N3O4. The molecule has 0 N–H and O–H groups in total. The third kappa shape index (κ3) is 2.95. The lowest BCUT2D eigenvalue weighted by atomic mass is 10.1. The van der Waals surface area contributed by atoms with Crippen LogP contribution in [-0.2, 0) is 6.54 Å². The first-order valence-corrected chi connectivity index (χ1v) is 8.66. The number of nitrogens with zero attached hydrogens (tertiary/aromatic N) is 3. The molecule has 0 amide bonds. The van der Waals surface area contributed by atoms with Gasteiger partial charge in [-0.05, 0) is 12.1 Å². The summed E-state index contributed by atoms with van der Waals surface area (Å²) in [6.45, 7) is 1.98. The van der Waals surface area contributed by atoms with Crippen molar-refractivity contribution in [1.82, 2.24) is 9.97 Å². The molecule has 0 bridgehead atoms. The molecule has 7 nitrogen and oxygen atoms in total. The van der Waals surface area contributed by atoms with E-state index >= 15 is 0 Å². The third-order valence-electron chi connectivity index (χ3n) is 4.66. The Hall–Kier alpha value is -3.22. The molecular weight excluding hydrogens is 346 g/mol. The van der Waals surface area contributed by atoms with E-state index < -0.39 is 0 Å². The van der Waals surface area contributed by atoms with Crippen molar-refractivity contribution >= 4 is 16.7 Å². The standard InChI is InChI=1S/C20H21N3O4/c1-24-16-10-14-17(19(26-3)18(16)25-2)21-12-22-20(14)23-8-9-27-15-7-5-4-6-13(15)11-23/h4-7,10,12H,8-9,11H2,1-3H3. The lowest BCUT2D eigenvalue weighted by Gasteiger charge is -2.23. The summed E-state index contributed by atoms with van der Waals surface area (Å²) in [5.41, 5.74) is 1.80. The minimum Gasteiger partial charge on any atom is -0.493 e. The average Bonchev–Trinajstić information content (AvgIpc) is 2.94. The van der Waals surface area contributed by atoms with E-state index in [1.54, 1.807) is 27.7 Å². The number of aromatic nitrogens is 2. The van der Waals surface area contributed by atoms with Crippen molar-refractivity contribution in [2.24, 2.45) is 0 Å². The smallest absolute Gasteiger partial charge is 0.205 e. The molecule has 0 radical (unpaired) electrons. The Labute approximate surface area is 157 Å². The molecule has 0 spiro atoms. The highest BCUT2D eigenvalue weighted by Gasteiger charge is 2.23. The zero-order valence-corrected chi connectivity index (χ0v) is 15.6. The van der Waals surface area contributed by atoms with Crippen LogP contribution < -0.4 is 23.8 Å². The highest BCUT2D eigenvalue weighted by Crippen LogP contribution is 2.44. The van der Waals surface area contributed by atoms with Crippen molar-refractivity contribution < 1.29 is 18.9 Å². The van der Waals surface area contributed by atoms with Crippen molar-refractivity contribution in [1.29, 1.82) is 0 Å². The lowest BCUT2D eigenvalue weighted by molar-refractivity contribution is 0.326. The summed E-state index contributed by atoms with van der Waals surface area (Å²) in [6, 6.07) is 9.95. The van der Waals surface area contributed by atoms with E-state index in [-0.39, 0.29) is 0 Å². The van der Waals surface area contributed by atoms with E-state index in [4.69, 9.17) is 18.9 Å². The topological polar surface area (TPSA) is 65.9 Å². The molecule has 3 aromatic rings. The van der Waals surface area contributed by atoms with E-state index in [1.807, 2.05) is 24.3 Å². The number of anilines is 1. The molecule has 2 aromatic carbocycles. The number of rotatable bonds is 4. The molecule has 27 heavy (non-hydrogen) atoms. The Kier molecular flexibility index (Phi) is 4.58. The molecule has 4 rings (SSSR count). The summed E-state index contributed by atoms with van der Waals surface area (Å²) in [7, 11) is 4.77. The Morgan fingerprint density at radius 3 is 2.59 bits per heavy atom. The van der Waals surface area contributed by atoms with Gasteiger partial charge in [0.25, 0.3) is 0 Å². The van der Waals surface area contributed by atoms with Crippen LogP contribution in [-0.4, -0.2) is 44.4 Å². The zero-order chi connectivity index (χ0) is 18.8. The van der Waals surface area contributed by atoms with Crippen LogP contribution in [0.5, 0.6) is 23.0 Å². The molecule has 0 aliphatic carbocycles. The van der Waals surface area contributed by atoms with Gasteiger partial charge < -0.3 is 23.8 Å². The SMILES string of the molecule is COc1cc2c(N3CCOc4ccccc4C3)ncnc2c(OC)c1OC. The quantitative estimate of drug-likeness (QED) is 0.702. The van der Waals surface area contributed by atoms with Crippen LogP contribution in [0.4, 0.5) is 5.82 Å². The lowest BCUT2D eigenvalue weighted by Crippen LogP contribution is -2.26. The molecule has 1 aliphatic rings. The molecule has 140 valence electrons. The van der Waals surface area contributed by atoms with Gasteiger partial charge in [-0.2, -0.15) is 0 Å². The first kappa shape index (κ1) is 17.2. The number of methoxy groups -OCH3 is 3. The van der Waals surface area contributed by atoms with Crippen molar-refractivity contribution in [2.45, 2.75) is 6.54 Å². The van der Waals surface area contributed by atoms with Gasteiger partial charge in [-0.25, -0.2) is 9.97 Å². The van der Waals surface area contributed by atoms with Crippen LogP contribution in [0, 0.1) is 0 Å². The van der Waals surface area contributed by atoms with Crippen molar-refractivity contribution in [2.75, 3.05) is 39.4 Å². The molecule has 0 unspecified atom stereocenters. The van der Waals surface area contributed by atoms with Gasteiger partial charge in [0.1, 0.15) is 30.0 Å². The van der Waals surface area contributed by atoms with Gasteiger partial charge >= 0.3 is 0 Å². The van der Waals surface area contributed by atoms with Gasteiger partial charge in [-0.1, -0.05) is 18.2 Å². The van der Waals surface area contributed by atoms with E-state index in [9.17, 15) is 0 Å². The van der Waals surface area contributed by atoms with Gasteiger partial charge in [0.2, 0.25) is 5.75 Å². The number of ether oxygens (including phenoxy) is 4. The largest absolute Gasteiger partial charge is 0.493 e. The van der Waals surface area contributed by atoms with Crippen LogP contribution >= 0.6 is 0 Å². The maximum Gasteiger partial charge on any atom is 0.205 e. The average molecular weight is 367 g/mol. The second-order valence-electron chi connectivity index (χ2n) is 6.12. The normalized spacial score (nSPS) is 13.5. The highest BCUT2D eigenvalue weighted by atomic mass is 16.5. The fraction of sp³-hybridized carbons (Fsp3) is 0.300. The summed E-state index contributed by atoms with van der Waals surface area (Å²) >= 11 is 0. The van der Waals surface area contributed by atoms with Gasteiger partial charge in [-0.15, -0.1) is 0 Å². The summed E-state index contributed by atoms with van der Waals surface area (Å²) in [4.78, 5) is 11.2. The van der Waals surface area contributed by atoms with E-state index in [0.29, 0.717) is 42.5 Å². The minimum absolute atomic E-state index is 0.515. The fourth-order valence-corrected chi connectivity index (χ4v) is 3.41. The molecule has 1 aromatic heterocycles. The van der Waals surface area contributed by atoms with Gasteiger partial charge in [0.15, 0.2) is 11.5 Å². The van der Waals surface area contributed by atoms with E-state index in [0.717, 1.165) is 22.5 Å². The van der Waals surface area contributed by atoms with Gasteiger partial charge in [0, 0.05) is 12.1 Å². The van der Waals surface area contributed by atoms with Crippen molar-refractivity contribution in [3.8, 4) is 23.0 Å². The molecule has 0 saturated heterocycles. The van der Waals surface area contributed by atoms with E-state index in [2.05, 4.69) is 20.9 Å².